The van der Waals surface area contributed by atoms with Gasteiger partial charge in [0.1, 0.15) is 5.75 Å². The molecular weight excluding hydrogens is 137 g/mol. The quantitative estimate of drug-likeness (QED) is 0.501. The van der Waals surface area contributed by atoms with Crippen LogP contribution in [0.2, 0.25) is 0 Å². The number of hydrogen-bond donors (Lipinski definition) is 0. The molecule has 4 heteroatoms. The van der Waals surface area contributed by atoms with Crippen LogP contribution >= 0.6 is 11.8 Å². The second-order valence-electron chi connectivity index (χ2n) is 1.02. The van der Waals surface area contributed by atoms with Gasteiger partial charge in [-0.15, -0.1) is 6.42 Å². The second kappa shape index (κ2) is 2.88. The van der Waals surface area contributed by atoms with Crippen molar-refractivity contribution in [1.29, 1.82) is 0 Å². The van der Waals surface area contributed by atoms with Crippen molar-refractivity contribution < 1.29 is 13.2 Å². The lowest BCUT2D eigenvalue weighted by molar-refractivity contribution is -0.105. The van der Waals surface area contributed by atoms with Gasteiger partial charge in [-0.25, -0.2) is 0 Å². The molecule has 0 atom stereocenters. The third-order valence-corrected chi connectivity index (χ3v) is 0.957. The lowest BCUT2D eigenvalue weighted by Gasteiger charge is -1.99. The molecule has 8 heavy (non-hydrogen) atoms. The van der Waals surface area contributed by atoms with Crippen LogP contribution in [-0.2, 0) is 0 Å². The van der Waals surface area contributed by atoms with Gasteiger partial charge in [-0.2, -0.15) is 13.2 Å². The minimum atomic E-state index is -4.13. The van der Waals surface area contributed by atoms with Gasteiger partial charge in [-0.3, -0.25) is 0 Å². The highest BCUT2D eigenvalue weighted by Gasteiger charge is 2.26. The van der Waals surface area contributed by atoms with Gasteiger partial charge in [-0.05, 0) is 5.25 Å². The van der Waals surface area contributed by atoms with Crippen molar-refractivity contribution in [3.8, 4) is 11.7 Å². The summed E-state index contributed by atoms with van der Waals surface area (Å²) in [7, 11) is 0. The first-order chi connectivity index (χ1) is 3.56. The summed E-state index contributed by atoms with van der Waals surface area (Å²) in [5, 5.41) is 1.82. The number of hydrogen-bond acceptors (Lipinski definition) is 1. The third kappa shape index (κ3) is 5.70. The van der Waals surface area contributed by atoms with E-state index in [2.05, 4.69) is 6.42 Å². The molecule has 0 bridgehead atoms. The molecule has 0 aromatic heterocycles. The summed E-state index contributed by atoms with van der Waals surface area (Å²) in [5.41, 5.74) is 0. The predicted molar refractivity (Wildman–Crippen MR) is 27.3 cm³/mol. The van der Waals surface area contributed by atoms with Crippen molar-refractivity contribution >= 4 is 11.8 Å². The second-order valence-corrected chi connectivity index (χ2v) is 1.83. The summed E-state index contributed by atoms with van der Waals surface area (Å²) in [6.07, 6.45) is 0.421. The molecule has 0 unspecified atom stereocenters. The van der Waals surface area contributed by atoms with Gasteiger partial charge in [0.2, 0.25) is 0 Å². The van der Waals surface area contributed by atoms with Crippen LogP contribution in [0.5, 0.6) is 0 Å². The first-order valence-corrected chi connectivity index (χ1v) is 2.69. The van der Waals surface area contributed by atoms with E-state index in [0.717, 1.165) is 0 Å². The third-order valence-electron chi connectivity index (χ3n) is 0.319. The zero-order valence-corrected chi connectivity index (χ0v) is 4.64. The van der Waals surface area contributed by atoms with E-state index in [9.17, 15) is 13.2 Å². The smallest absolute Gasteiger partial charge is 0.170 e. The Morgan fingerprint density at radius 1 is 1.50 bits per heavy atom. The summed E-state index contributed by atoms with van der Waals surface area (Å²) in [6, 6.07) is 0. The molecule has 0 N–H and O–H groups in total. The van der Waals surface area contributed by atoms with Gasteiger partial charge in [0, 0.05) is 0 Å². The van der Waals surface area contributed by atoms with E-state index in [1.54, 1.807) is 0 Å². The average Bonchev–Trinajstić information content (AvgIpc) is 1.59. The Balaban J connectivity index is 3.28. The first kappa shape index (κ1) is 7.70. The predicted octanol–water partition coefficient (Wildman–Crippen LogP) is 1.87. The van der Waals surface area contributed by atoms with Crippen molar-refractivity contribution in [1.82, 2.24) is 0 Å². The molecule has 0 aliphatic heterocycles. The van der Waals surface area contributed by atoms with Crippen LogP contribution in [0.4, 0.5) is 13.2 Å². The SMILES string of the molecule is C#CSCC(F)(F)F. The molecule has 46 valence electrons. The van der Waals surface area contributed by atoms with Crippen LogP contribution in [0.25, 0.3) is 0 Å². The number of halogens is 3. The summed E-state index contributed by atoms with van der Waals surface area (Å²) < 4.78 is 33.4. The highest BCUT2D eigenvalue weighted by molar-refractivity contribution is 8.03. The van der Waals surface area contributed by atoms with Gasteiger partial charge in [0.15, 0.2) is 0 Å². The van der Waals surface area contributed by atoms with Gasteiger partial charge in [0.25, 0.3) is 0 Å². The standard InChI is InChI=1S/C4H3F3S/c1-2-8-3-4(5,6)7/h1H,3H2. The Hall–Kier alpha value is -0.300. The normalized spacial score (nSPS) is 10.8. The maximum absolute atomic E-state index is 11.1. The van der Waals surface area contributed by atoms with Crippen LogP contribution in [0.15, 0.2) is 0 Å². The van der Waals surface area contributed by atoms with Crippen molar-refractivity contribution in [3.05, 3.63) is 0 Å². The van der Waals surface area contributed by atoms with E-state index >= 15 is 0 Å². The maximum Gasteiger partial charge on any atom is 0.398 e. The number of terminal acetylenes is 1. The molecule has 0 radical (unpaired) electrons. The van der Waals surface area contributed by atoms with Gasteiger partial charge in [0.05, 0.1) is 0 Å². The molecule has 0 aromatic rings. The van der Waals surface area contributed by atoms with E-state index in [-0.39, 0.29) is 0 Å². The molecule has 0 heterocycles. The fourth-order valence-corrected chi connectivity index (χ4v) is 0.370. The van der Waals surface area contributed by atoms with Crippen LogP contribution in [0.1, 0.15) is 0 Å². The van der Waals surface area contributed by atoms with E-state index in [1.165, 1.54) is 0 Å². The average molecular weight is 140 g/mol. The molecule has 0 rings (SSSR count). The van der Waals surface area contributed by atoms with E-state index < -0.39 is 11.9 Å². The van der Waals surface area contributed by atoms with Crippen LogP contribution < -0.4 is 0 Å². The summed E-state index contributed by atoms with van der Waals surface area (Å²) in [4.78, 5) is 0. The van der Waals surface area contributed by atoms with Crippen molar-refractivity contribution in [3.63, 3.8) is 0 Å². The molecule has 0 aliphatic carbocycles. The fraction of sp³-hybridized carbons (Fsp3) is 0.500. The lowest BCUT2D eigenvalue weighted by Crippen LogP contribution is -2.09. The maximum atomic E-state index is 11.1. The molecule has 0 fully saturated rings. The first-order valence-electron chi connectivity index (χ1n) is 1.70. The summed E-state index contributed by atoms with van der Waals surface area (Å²) >= 11 is 0.418. The number of alkyl halides is 3. The van der Waals surface area contributed by atoms with Gasteiger partial charge in [-0.1, -0.05) is 11.8 Å². The monoisotopic (exact) mass is 140 g/mol. The summed E-state index contributed by atoms with van der Waals surface area (Å²) in [5.74, 6) is -0.955. The minimum Gasteiger partial charge on any atom is -0.170 e. The lowest BCUT2D eigenvalue weighted by atomic mass is 10.8. The highest BCUT2D eigenvalue weighted by atomic mass is 32.2. The van der Waals surface area contributed by atoms with Crippen molar-refractivity contribution in [2.24, 2.45) is 0 Å². The molecule has 0 saturated heterocycles. The van der Waals surface area contributed by atoms with Crippen molar-refractivity contribution in [2.45, 2.75) is 6.18 Å². The summed E-state index contributed by atoms with van der Waals surface area (Å²) in [6.45, 7) is 0. The Kier molecular flexibility index (Phi) is 2.77. The molecule has 0 aliphatic rings. The van der Waals surface area contributed by atoms with Crippen molar-refractivity contribution in [2.75, 3.05) is 5.75 Å². The minimum absolute atomic E-state index is 0.418. The topological polar surface area (TPSA) is 0 Å². The van der Waals surface area contributed by atoms with Crippen LogP contribution in [0, 0.1) is 11.7 Å². The Morgan fingerprint density at radius 3 is 2.12 bits per heavy atom. The largest absolute Gasteiger partial charge is 0.398 e. The van der Waals surface area contributed by atoms with E-state index in [1.807, 2.05) is 5.25 Å². The molecule has 0 amide bonds. The van der Waals surface area contributed by atoms with Crippen LogP contribution in [-0.4, -0.2) is 11.9 Å². The molecule has 0 saturated carbocycles. The molecule has 0 aromatic carbocycles. The molecule has 0 nitrogen and oxygen atoms in total. The Bertz CT molecular complexity index is 98.8. The Morgan fingerprint density at radius 2 is 2.00 bits per heavy atom. The zero-order valence-electron chi connectivity index (χ0n) is 3.83. The number of rotatable bonds is 1. The van der Waals surface area contributed by atoms with Gasteiger partial charge < -0.3 is 0 Å². The zero-order chi connectivity index (χ0) is 6.62. The van der Waals surface area contributed by atoms with E-state index in [0.29, 0.717) is 11.8 Å². The highest BCUT2D eigenvalue weighted by Crippen LogP contribution is 2.19. The number of thioether (sulfide) groups is 1. The Labute approximate surface area is 49.5 Å². The molecule has 0 spiro atoms. The van der Waals surface area contributed by atoms with Gasteiger partial charge >= 0.3 is 6.18 Å². The molecular formula is C4H3F3S. The van der Waals surface area contributed by atoms with Crippen LogP contribution in [0.3, 0.4) is 0 Å². The van der Waals surface area contributed by atoms with E-state index in [4.69, 9.17) is 0 Å². The fourth-order valence-electron chi connectivity index (χ4n) is 0.123.